The highest BCUT2D eigenvalue weighted by atomic mass is 16.5. The molecule has 1 aromatic rings. The van der Waals surface area contributed by atoms with E-state index in [4.69, 9.17) is 10.3 Å². The summed E-state index contributed by atoms with van der Waals surface area (Å²) in [6.45, 7) is 12.3. The van der Waals surface area contributed by atoms with Crippen LogP contribution in [0.2, 0.25) is 0 Å². The summed E-state index contributed by atoms with van der Waals surface area (Å²) in [5.41, 5.74) is 9.70. The van der Waals surface area contributed by atoms with E-state index in [0.717, 1.165) is 17.7 Å². The molecule has 0 atom stereocenters. The minimum atomic E-state index is -0.334. The number of nitrogens with one attached hydrogen (secondary N) is 1. The zero-order valence-electron chi connectivity index (χ0n) is 12.6. The number of ether oxygens (including phenoxy) is 1. The molecule has 0 aliphatic carbocycles. The van der Waals surface area contributed by atoms with Crippen LogP contribution in [0, 0.1) is 11.4 Å². The summed E-state index contributed by atoms with van der Waals surface area (Å²) in [4.78, 5) is 0. The number of rotatable bonds is 6. The van der Waals surface area contributed by atoms with Crippen molar-refractivity contribution in [1.82, 2.24) is 0 Å². The smallest absolute Gasteiger partial charge is 0.122 e. The Morgan fingerprint density at radius 2 is 2.05 bits per heavy atom. The van der Waals surface area contributed by atoms with Gasteiger partial charge in [0, 0.05) is 5.41 Å². The van der Waals surface area contributed by atoms with Crippen molar-refractivity contribution in [3.8, 4) is 5.75 Å². The summed E-state index contributed by atoms with van der Waals surface area (Å²) in [6.07, 6.45) is 0.970. The molecule has 0 heterocycles. The van der Waals surface area contributed by atoms with Gasteiger partial charge >= 0.3 is 0 Å². The maximum atomic E-state index is 7.16. The third kappa shape index (κ3) is 3.43. The lowest BCUT2D eigenvalue weighted by Gasteiger charge is -2.25. The summed E-state index contributed by atoms with van der Waals surface area (Å²) in [5, 5.41) is 3.49. The molecule has 0 radical (unpaired) electrons. The maximum Gasteiger partial charge on any atom is 0.122 e. The minimum Gasteiger partial charge on any atom is -0.496 e. The van der Waals surface area contributed by atoms with E-state index in [9.17, 15) is 0 Å². The first-order chi connectivity index (χ1) is 8.82. The lowest BCUT2D eigenvalue weighted by Crippen LogP contribution is -2.19. The van der Waals surface area contributed by atoms with Crippen LogP contribution in [-0.2, 0) is 11.8 Å². The first-order valence-corrected chi connectivity index (χ1v) is 6.57. The van der Waals surface area contributed by atoms with Crippen LogP contribution in [0.15, 0.2) is 35.6 Å². The highest BCUT2D eigenvalue weighted by Gasteiger charge is 2.25. The Balaban J connectivity index is 3.24. The molecule has 0 aromatic heterocycles. The van der Waals surface area contributed by atoms with Crippen molar-refractivity contribution in [2.24, 2.45) is 11.0 Å². The SMILES string of the molecule is C=C(N=N)C(C)(C)c1ccc(OC)c(CC(C)C)c1. The largest absolute Gasteiger partial charge is 0.496 e. The Morgan fingerprint density at radius 1 is 1.42 bits per heavy atom. The van der Waals surface area contributed by atoms with E-state index < -0.39 is 0 Å². The van der Waals surface area contributed by atoms with Gasteiger partial charge in [-0.25, -0.2) is 5.53 Å². The van der Waals surface area contributed by atoms with Crippen LogP contribution in [-0.4, -0.2) is 7.11 Å². The van der Waals surface area contributed by atoms with Crippen LogP contribution < -0.4 is 4.74 Å². The van der Waals surface area contributed by atoms with Crippen molar-refractivity contribution >= 4 is 0 Å². The van der Waals surface area contributed by atoms with Gasteiger partial charge in [0.1, 0.15) is 5.75 Å². The fourth-order valence-corrected chi connectivity index (χ4v) is 2.07. The van der Waals surface area contributed by atoms with Gasteiger partial charge in [-0.2, -0.15) is 5.11 Å². The molecule has 0 aliphatic heterocycles. The quantitative estimate of drug-likeness (QED) is 0.739. The monoisotopic (exact) mass is 260 g/mol. The second kappa shape index (κ2) is 6.00. The van der Waals surface area contributed by atoms with E-state index in [1.807, 2.05) is 26.0 Å². The number of benzene rings is 1. The summed E-state index contributed by atoms with van der Waals surface area (Å²) in [7, 11) is 1.70. The van der Waals surface area contributed by atoms with Gasteiger partial charge in [0.05, 0.1) is 12.8 Å². The zero-order chi connectivity index (χ0) is 14.6. The molecule has 3 heteroatoms. The normalized spacial score (nSPS) is 11.5. The Hall–Kier alpha value is -1.64. The molecule has 0 saturated heterocycles. The van der Waals surface area contributed by atoms with E-state index in [0.29, 0.717) is 11.6 Å². The van der Waals surface area contributed by atoms with Gasteiger partial charge < -0.3 is 4.74 Å². The van der Waals surface area contributed by atoms with Crippen molar-refractivity contribution in [2.45, 2.75) is 39.5 Å². The predicted molar refractivity (Wildman–Crippen MR) is 78.8 cm³/mol. The van der Waals surface area contributed by atoms with Gasteiger partial charge in [-0.3, -0.25) is 0 Å². The average molecular weight is 260 g/mol. The second-order valence-electron chi connectivity index (χ2n) is 5.81. The highest BCUT2D eigenvalue weighted by Crippen LogP contribution is 2.34. The summed E-state index contributed by atoms with van der Waals surface area (Å²) < 4.78 is 5.42. The third-order valence-electron chi connectivity index (χ3n) is 3.49. The van der Waals surface area contributed by atoms with Crippen molar-refractivity contribution < 1.29 is 4.74 Å². The van der Waals surface area contributed by atoms with Gasteiger partial charge in [-0.15, -0.1) is 0 Å². The Bertz CT molecular complexity index is 476. The molecular weight excluding hydrogens is 236 g/mol. The van der Waals surface area contributed by atoms with E-state index in [-0.39, 0.29) is 5.41 Å². The molecule has 1 N–H and O–H groups in total. The summed E-state index contributed by atoms with van der Waals surface area (Å²) >= 11 is 0. The van der Waals surface area contributed by atoms with Crippen LogP contribution in [0.5, 0.6) is 5.75 Å². The fourth-order valence-electron chi connectivity index (χ4n) is 2.07. The van der Waals surface area contributed by atoms with E-state index in [1.165, 1.54) is 5.56 Å². The van der Waals surface area contributed by atoms with E-state index in [1.54, 1.807) is 7.11 Å². The van der Waals surface area contributed by atoms with Crippen LogP contribution in [0.3, 0.4) is 0 Å². The number of nitrogens with zero attached hydrogens (tertiary/aromatic N) is 1. The molecule has 0 unspecified atom stereocenters. The molecule has 19 heavy (non-hydrogen) atoms. The van der Waals surface area contributed by atoms with Crippen molar-refractivity contribution in [3.63, 3.8) is 0 Å². The van der Waals surface area contributed by atoms with E-state index >= 15 is 0 Å². The Labute approximate surface area is 116 Å². The van der Waals surface area contributed by atoms with Crippen LogP contribution >= 0.6 is 0 Å². The highest BCUT2D eigenvalue weighted by molar-refractivity contribution is 5.43. The van der Waals surface area contributed by atoms with Gasteiger partial charge in [0.15, 0.2) is 0 Å². The van der Waals surface area contributed by atoms with Gasteiger partial charge in [-0.05, 0) is 29.5 Å². The fraction of sp³-hybridized carbons (Fsp3) is 0.500. The Morgan fingerprint density at radius 3 is 2.53 bits per heavy atom. The molecule has 0 amide bonds. The number of hydrogen-bond donors (Lipinski definition) is 1. The molecule has 104 valence electrons. The van der Waals surface area contributed by atoms with Crippen molar-refractivity contribution in [3.05, 3.63) is 41.6 Å². The van der Waals surface area contributed by atoms with Crippen LogP contribution in [0.4, 0.5) is 0 Å². The summed E-state index contributed by atoms with van der Waals surface area (Å²) in [6, 6.07) is 6.17. The lowest BCUT2D eigenvalue weighted by atomic mass is 9.81. The zero-order valence-corrected chi connectivity index (χ0v) is 12.6. The number of methoxy groups -OCH3 is 1. The topological polar surface area (TPSA) is 45.4 Å². The molecule has 3 nitrogen and oxygen atoms in total. The maximum absolute atomic E-state index is 7.16. The molecular formula is C16H24N2O. The number of hydrogen-bond acceptors (Lipinski definition) is 3. The van der Waals surface area contributed by atoms with Crippen molar-refractivity contribution in [2.75, 3.05) is 7.11 Å². The standard InChI is InChI=1S/C16H24N2O/c1-11(2)9-13-10-14(7-8-15(13)19-6)16(4,5)12(3)18-17/h7-8,10-11,17H,3,9H2,1-2,4-6H3. The molecule has 0 saturated carbocycles. The van der Waals surface area contributed by atoms with Gasteiger partial charge in [-0.1, -0.05) is 46.4 Å². The lowest BCUT2D eigenvalue weighted by molar-refractivity contribution is 0.406. The third-order valence-corrected chi connectivity index (χ3v) is 3.49. The van der Waals surface area contributed by atoms with Crippen LogP contribution in [0.25, 0.3) is 0 Å². The molecule has 0 aliphatic rings. The minimum absolute atomic E-state index is 0.334. The first-order valence-electron chi connectivity index (χ1n) is 6.57. The molecule has 1 rings (SSSR count). The Kier molecular flexibility index (Phi) is 4.87. The molecule has 1 aromatic carbocycles. The average Bonchev–Trinajstić information content (AvgIpc) is 2.36. The van der Waals surface area contributed by atoms with Crippen LogP contribution in [0.1, 0.15) is 38.8 Å². The molecule has 0 bridgehead atoms. The first kappa shape index (κ1) is 15.4. The summed E-state index contributed by atoms with van der Waals surface area (Å²) in [5.74, 6) is 1.48. The van der Waals surface area contributed by atoms with Gasteiger partial charge in [0.2, 0.25) is 0 Å². The van der Waals surface area contributed by atoms with Crippen molar-refractivity contribution in [1.29, 1.82) is 5.53 Å². The molecule has 0 spiro atoms. The predicted octanol–water partition coefficient (Wildman–Crippen LogP) is 4.72. The number of allylic oxidation sites excluding steroid dienone is 1. The second-order valence-corrected chi connectivity index (χ2v) is 5.81. The van der Waals surface area contributed by atoms with Gasteiger partial charge in [0.25, 0.3) is 0 Å². The van der Waals surface area contributed by atoms with E-state index in [2.05, 4.69) is 31.6 Å². The molecule has 0 fully saturated rings.